The number of hydrogen-bond acceptors (Lipinski definition) is 5. The lowest BCUT2D eigenvalue weighted by molar-refractivity contribution is -0.119. The van der Waals surface area contributed by atoms with E-state index in [4.69, 9.17) is 0 Å². The van der Waals surface area contributed by atoms with Gasteiger partial charge in [0.05, 0.1) is 5.75 Å². The topological polar surface area (TPSA) is 59.8 Å². The van der Waals surface area contributed by atoms with Gasteiger partial charge in [-0.1, -0.05) is 37.6 Å². The number of thiophene rings is 1. The highest BCUT2D eigenvalue weighted by molar-refractivity contribution is 7.99. The summed E-state index contributed by atoms with van der Waals surface area (Å²) < 4.78 is 2.03. The lowest BCUT2D eigenvalue weighted by atomic mass is 10.2. The molecule has 0 aromatic carbocycles. The van der Waals surface area contributed by atoms with Crippen LogP contribution in [0.1, 0.15) is 37.5 Å². The second-order valence-corrected chi connectivity index (χ2v) is 8.14. The number of aromatic nitrogens is 3. The summed E-state index contributed by atoms with van der Waals surface area (Å²) in [5.41, 5.74) is 1.08. The van der Waals surface area contributed by atoms with E-state index >= 15 is 0 Å². The molecule has 0 atom stereocenters. The summed E-state index contributed by atoms with van der Waals surface area (Å²) in [5, 5.41) is 14.6. The Balaban J connectivity index is 1.68. The van der Waals surface area contributed by atoms with Gasteiger partial charge >= 0.3 is 0 Å². The van der Waals surface area contributed by atoms with E-state index in [1.165, 1.54) is 29.5 Å². The van der Waals surface area contributed by atoms with Crippen LogP contribution in [0.4, 0.5) is 0 Å². The molecule has 0 radical (unpaired) electrons. The van der Waals surface area contributed by atoms with Gasteiger partial charge in [-0.2, -0.15) is 0 Å². The molecule has 0 bridgehead atoms. The highest BCUT2D eigenvalue weighted by atomic mass is 32.2. The van der Waals surface area contributed by atoms with Crippen molar-refractivity contribution in [3.05, 3.63) is 29.0 Å². The molecule has 0 spiro atoms. The third kappa shape index (κ3) is 4.52. The molecule has 3 rings (SSSR count). The summed E-state index contributed by atoms with van der Waals surface area (Å²) in [5.74, 6) is 1.29. The Kier molecular flexibility index (Phi) is 6.31. The Morgan fingerprint density at radius 2 is 2.28 bits per heavy atom. The summed E-state index contributed by atoms with van der Waals surface area (Å²) in [6, 6.07) is 2.52. The van der Waals surface area contributed by atoms with Crippen LogP contribution in [0.2, 0.25) is 0 Å². The molecule has 1 N–H and O–H groups in total. The molecule has 1 fully saturated rings. The van der Waals surface area contributed by atoms with Crippen molar-refractivity contribution in [2.75, 3.05) is 5.75 Å². The van der Waals surface area contributed by atoms with Crippen LogP contribution >= 0.6 is 23.1 Å². The van der Waals surface area contributed by atoms with E-state index in [1.54, 1.807) is 11.3 Å². The van der Waals surface area contributed by atoms with E-state index in [0.717, 1.165) is 35.8 Å². The predicted octanol–water partition coefficient (Wildman–Crippen LogP) is 3.91. The normalized spacial score (nSPS) is 14.8. The van der Waals surface area contributed by atoms with Gasteiger partial charge in [-0.3, -0.25) is 9.36 Å². The molecule has 134 valence electrons. The van der Waals surface area contributed by atoms with E-state index in [-0.39, 0.29) is 5.91 Å². The predicted molar refractivity (Wildman–Crippen MR) is 104 cm³/mol. The second-order valence-electron chi connectivity index (χ2n) is 6.20. The molecule has 1 amide bonds. The molecule has 2 heterocycles. The average Bonchev–Trinajstić information content (AvgIpc) is 3.34. The Morgan fingerprint density at radius 1 is 1.48 bits per heavy atom. The molecule has 2 aromatic heterocycles. The Morgan fingerprint density at radius 3 is 2.96 bits per heavy atom. The van der Waals surface area contributed by atoms with E-state index < -0.39 is 0 Å². The number of hydrogen-bond donors (Lipinski definition) is 1. The minimum Gasteiger partial charge on any atom is -0.353 e. The maximum Gasteiger partial charge on any atom is 0.230 e. The molecule has 1 aliphatic rings. The quantitative estimate of drug-likeness (QED) is 0.561. The average molecular weight is 377 g/mol. The first-order chi connectivity index (χ1) is 12.2. The van der Waals surface area contributed by atoms with Crippen molar-refractivity contribution in [2.24, 2.45) is 0 Å². The summed E-state index contributed by atoms with van der Waals surface area (Å²) in [7, 11) is 0. The van der Waals surface area contributed by atoms with Crippen molar-refractivity contribution in [2.45, 2.75) is 56.8 Å². The minimum atomic E-state index is 0.0791. The van der Waals surface area contributed by atoms with Crippen LogP contribution in [0, 0.1) is 0 Å². The van der Waals surface area contributed by atoms with E-state index in [2.05, 4.69) is 40.5 Å². The van der Waals surface area contributed by atoms with Crippen molar-refractivity contribution < 1.29 is 4.79 Å². The standard InChI is InChI=1S/C18H24N4OS2/c1-3-9-22-17(13-10-15(4-2)24-11-13)20-21-18(22)25-12-16(23)19-14-7-5-6-8-14/h3,10-11,14H,1,4-9,12H2,2H3,(H,19,23). The number of aryl methyl sites for hydroxylation is 1. The van der Waals surface area contributed by atoms with Gasteiger partial charge in [0.1, 0.15) is 0 Å². The van der Waals surface area contributed by atoms with Gasteiger partial charge in [0, 0.05) is 28.4 Å². The van der Waals surface area contributed by atoms with Crippen LogP contribution in [0.15, 0.2) is 29.3 Å². The maximum atomic E-state index is 12.2. The fourth-order valence-electron chi connectivity index (χ4n) is 3.06. The first-order valence-electron chi connectivity index (χ1n) is 8.75. The monoisotopic (exact) mass is 376 g/mol. The molecule has 1 aliphatic carbocycles. The SMILES string of the molecule is C=CCn1c(SCC(=O)NC2CCCC2)nnc1-c1csc(CC)c1. The zero-order valence-electron chi connectivity index (χ0n) is 14.5. The number of allylic oxidation sites excluding steroid dienone is 1. The van der Waals surface area contributed by atoms with Gasteiger partial charge in [0.25, 0.3) is 0 Å². The summed E-state index contributed by atoms with van der Waals surface area (Å²) >= 11 is 3.18. The van der Waals surface area contributed by atoms with E-state index in [1.807, 2.05) is 10.6 Å². The molecule has 7 heteroatoms. The van der Waals surface area contributed by atoms with E-state index in [0.29, 0.717) is 18.3 Å². The van der Waals surface area contributed by atoms with Gasteiger partial charge in [-0.05, 0) is 25.3 Å². The smallest absolute Gasteiger partial charge is 0.230 e. The maximum absolute atomic E-state index is 12.2. The minimum absolute atomic E-state index is 0.0791. The van der Waals surface area contributed by atoms with Gasteiger partial charge in [0.2, 0.25) is 5.91 Å². The number of thioether (sulfide) groups is 1. The van der Waals surface area contributed by atoms with Crippen LogP contribution in [-0.4, -0.2) is 32.5 Å². The largest absolute Gasteiger partial charge is 0.353 e. The second kappa shape index (κ2) is 8.67. The first-order valence-corrected chi connectivity index (χ1v) is 10.6. The number of nitrogens with one attached hydrogen (secondary N) is 1. The molecule has 1 saturated carbocycles. The third-order valence-electron chi connectivity index (χ3n) is 4.34. The highest BCUT2D eigenvalue weighted by Crippen LogP contribution is 2.28. The molecule has 0 aliphatic heterocycles. The lowest BCUT2D eigenvalue weighted by Gasteiger charge is -2.11. The Bertz CT molecular complexity index is 731. The molecule has 2 aromatic rings. The van der Waals surface area contributed by atoms with Crippen molar-refractivity contribution in [1.29, 1.82) is 0 Å². The Hall–Kier alpha value is -1.60. The number of nitrogens with zero attached hydrogens (tertiary/aromatic N) is 3. The van der Waals surface area contributed by atoms with E-state index in [9.17, 15) is 4.79 Å². The lowest BCUT2D eigenvalue weighted by Crippen LogP contribution is -2.33. The van der Waals surface area contributed by atoms with Crippen molar-refractivity contribution in [3.8, 4) is 11.4 Å². The zero-order chi connectivity index (χ0) is 17.6. The van der Waals surface area contributed by atoms with Gasteiger partial charge in [0.15, 0.2) is 11.0 Å². The van der Waals surface area contributed by atoms with Crippen LogP contribution in [0.25, 0.3) is 11.4 Å². The summed E-state index contributed by atoms with van der Waals surface area (Å²) in [6.45, 7) is 6.61. The number of carbonyl (C=O) groups excluding carboxylic acids is 1. The number of amides is 1. The van der Waals surface area contributed by atoms with Crippen LogP contribution in [-0.2, 0) is 17.8 Å². The molecular weight excluding hydrogens is 352 g/mol. The molecule has 5 nitrogen and oxygen atoms in total. The first kappa shape index (κ1) is 18.2. The van der Waals surface area contributed by atoms with Crippen molar-refractivity contribution in [3.63, 3.8) is 0 Å². The van der Waals surface area contributed by atoms with Gasteiger partial charge in [-0.15, -0.1) is 28.1 Å². The molecule has 0 unspecified atom stereocenters. The fraction of sp³-hybridized carbons (Fsp3) is 0.500. The molecule has 0 saturated heterocycles. The van der Waals surface area contributed by atoms with Gasteiger partial charge in [-0.25, -0.2) is 0 Å². The van der Waals surface area contributed by atoms with Gasteiger partial charge < -0.3 is 5.32 Å². The Labute approximate surface area is 156 Å². The van der Waals surface area contributed by atoms with Crippen LogP contribution in [0.3, 0.4) is 0 Å². The molecule has 25 heavy (non-hydrogen) atoms. The van der Waals surface area contributed by atoms with Crippen molar-refractivity contribution >= 4 is 29.0 Å². The number of rotatable bonds is 8. The fourth-order valence-corrected chi connectivity index (χ4v) is 4.63. The summed E-state index contributed by atoms with van der Waals surface area (Å²) in [6.07, 6.45) is 7.49. The van der Waals surface area contributed by atoms with Crippen molar-refractivity contribution in [1.82, 2.24) is 20.1 Å². The van der Waals surface area contributed by atoms with Crippen LogP contribution < -0.4 is 5.32 Å². The highest BCUT2D eigenvalue weighted by Gasteiger charge is 2.19. The number of carbonyl (C=O) groups is 1. The summed E-state index contributed by atoms with van der Waals surface area (Å²) in [4.78, 5) is 13.5. The van der Waals surface area contributed by atoms with Crippen LogP contribution in [0.5, 0.6) is 0 Å². The molecular formula is C18H24N4OS2. The zero-order valence-corrected chi connectivity index (χ0v) is 16.2. The third-order valence-corrected chi connectivity index (χ3v) is 6.39.